The number of aromatic nitrogens is 2. The number of carbonyl (C=O) groups is 1. The Morgan fingerprint density at radius 1 is 1.55 bits per heavy atom. The van der Waals surface area contributed by atoms with Crippen molar-refractivity contribution in [1.82, 2.24) is 15.1 Å². The van der Waals surface area contributed by atoms with Crippen molar-refractivity contribution >= 4 is 17.4 Å². The van der Waals surface area contributed by atoms with Gasteiger partial charge in [-0.25, -0.2) is 0 Å². The van der Waals surface area contributed by atoms with E-state index < -0.39 is 0 Å². The molecule has 1 fully saturated rings. The Morgan fingerprint density at radius 2 is 2.35 bits per heavy atom. The zero-order chi connectivity index (χ0) is 14.5. The molecule has 1 aliphatic rings. The van der Waals surface area contributed by atoms with Crippen molar-refractivity contribution < 1.29 is 4.79 Å². The van der Waals surface area contributed by atoms with Crippen LogP contribution >= 0.6 is 11.6 Å². The molecule has 1 aliphatic heterocycles. The Hall–Kier alpha value is -0.870. The summed E-state index contributed by atoms with van der Waals surface area (Å²) in [5, 5.41) is 8.41. The number of aryl methyl sites for hydroxylation is 2. The fraction of sp³-hybridized carbons (Fsp3) is 0.733. The predicted octanol–water partition coefficient (Wildman–Crippen LogP) is 2.53. The zero-order valence-electron chi connectivity index (χ0n) is 12.4. The molecule has 2 rings (SSSR count). The van der Waals surface area contributed by atoms with Crippen molar-refractivity contribution in [2.24, 2.45) is 13.0 Å². The summed E-state index contributed by atoms with van der Waals surface area (Å²) in [5.74, 6) is 0.920. The summed E-state index contributed by atoms with van der Waals surface area (Å²) in [7, 11) is 1.86. The van der Waals surface area contributed by atoms with E-state index in [9.17, 15) is 4.79 Å². The van der Waals surface area contributed by atoms with Gasteiger partial charge in [0.25, 0.3) is 0 Å². The third-order valence-corrected chi connectivity index (χ3v) is 4.53. The van der Waals surface area contributed by atoms with Gasteiger partial charge < -0.3 is 5.32 Å². The normalized spacial score (nSPS) is 19.2. The van der Waals surface area contributed by atoms with E-state index in [0.29, 0.717) is 23.8 Å². The number of nitrogens with zero attached hydrogens (tertiary/aromatic N) is 2. The van der Waals surface area contributed by atoms with Gasteiger partial charge in [0, 0.05) is 19.9 Å². The highest BCUT2D eigenvalue weighted by molar-refractivity contribution is 6.32. The minimum atomic E-state index is 0.267. The fourth-order valence-corrected chi connectivity index (χ4v) is 3.18. The van der Waals surface area contributed by atoms with Gasteiger partial charge in [0.05, 0.1) is 16.4 Å². The van der Waals surface area contributed by atoms with Crippen molar-refractivity contribution in [3.63, 3.8) is 0 Å². The summed E-state index contributed by atoms with van der Waals surface area (Å²) in [6.07, 6.45) is 5.31. The minimum absolute atomic E-state index is 0.267. The molecule has 1 aromatic heterocycles. The molecule has 0 aromatic carbocycles. The first-order valence-electron chi connectivity index (χ1n) is 7.54. The maximum Gasteiger partial charge on any atom is 0.138 e. The lowest BCUT2D eigenvalue weighted by Crippen LogP contribution is -2.30. The van der Waals surface area contributed by atoms with E-state index >= 15 is 0 Å². The monoisotopic (exact) mass is 297 g/mol. The van der Waals surface area contributed by atoms with Crippen LogP contribution in [0.25, 0.3) is 0 Å². The average Bonchev–Trinajstić information content (AvgIpc) is 2.73. The summed E-state index contributed by atoms with van der Waals surface area (Å²) in [4.78, 5) is 12.1. The maximum absolute atomic E-state index is 12.1. The average molecular weight is 298 g/mol. The summed E-state index contributed by atoms with van der Waals surface area (Å²) in [6.45, 7) is 4.20. The largest absolute Gasteiger partial charge is 0.316 e. The molecule has 0 saturated carbocycles. The van der Waals surface area contributed by atoms with E-state index in [0.717, 1.165) is 37.3 Å². The van der Waals surface area contributed by atoms with Crippen molar-refractivity contribution in [2.45, 2.75) is 45.4 Å². The first kappa shape index (κ1) is 15.5. The van der Waals surface area contributed by atoms with Crippen LogP contribution in [-0.4, -0.2) is 28.7 Å². The van der Waals surface area contributed by atoms with Crippen molar-refractivity contribution in [3.05, 3.63) is 16.4 Å². The molecule has 1 unspecified atom stereocenters. The van der Waals surface area contributed by atoms with Crippen LogP contribution in [0.1, 0.15) is 44.0 Å². The second-order valence-corrected chi connectivity index (χ2v) is 6.03. The molecule has 0 radical (unpaired) electrons. The van der Waals surface area contributed by atoms with E-state index in [1.54, 1.807) is 4.68 Å². The smallest absolute Gasteiger partial charge is 0.138 e. The molecule has 0 amide bonds. The molecule has 20 heavy (non-hydrogen) atoms. The number of piperidine rings is 1. The topological polar surface area (TPSA) is 46.9 Å². The van der Waals surface area contributed by atoms with Gasteiger partial charge in [0.1, 0.15) is 5.78 Å². The lowest BCUT2D eigenvalue weighted by Gasteiger charge is -2.22. The number of ketones is 1. The first-order chi connectivity index (χ1) is 9.61. The van der Waals surface area contributed by atoms with Crippen LogP contribution in [-0.2, 0) is 24.7 Å². The number of nitrogens with one attached hydrogen (secondary N) is 1. The molecular formula is C15H24ClN3O. The number of Topliss-reactive ketones (excluding diaryl/α,β-unsaturated/α-hetero) is 1. The zero-order valence-corrected chi connectivity index (χ0v) is 13.2. The minimum Gasteiger partial charge on any atom is -0.316 e. The molecule has 1 aromatic rings. The number of hydrogen-bond acceptors (Lipinski definition) is 3. The maximum atomic E-state index is 12.1. The van der Waals surface area contributed by atoms with Gasteiger partial charge in [0.2, 0.25) is 0 Å². The third-order valence-electron chi connectivity index (χ3n) is 4.10. The van der Waals surface area contributed by atoms with Gasteiger partial charge >= 0.3 is 0 Å². The highest BCUT2D eigenvalue weighted by atomic mass is 35.5. The predicted molar refractivity (Wildman–Crippen MR) is 81.1 cm³/mol. The first-order valence-corrected chi connectivity index (χ1v) is 7.92. The standard InChI is InChI=1S/C15H24ClN3O/c1-3-13-15(16)14(19(2)18-13)9-12(20)7-6-11-5-4-8-17-10-11/h11,17H,3-10H2,1-2H3. The van der Waals surface area contributed by atoms with Gasteiger partial charge in [-0.05, 0) is 44.7 Å². The molecule has 4 nitrogen and oxygen atoms in total. The van der Waals surface area contributed by atoms with Gasteiger partial charge in [-0.15, -0.1) is 0 Å². The van der Waals surface area contributed by atoms with Crippen LogP contribution in [0.5, 0.6) is 0 Å². The van der Waals surface area contributed by atoms with Crippen LogP contribution in [0.15, 0.2) is 0 Å². The van der Waals surface area contributed by atoms with Gasteiger partial charge in [0.15, 0.2) is 0 Å². The van der Waals surface area contributed by atoms with Crippen molar-refractivity contribution in [2.75, 3.05) is 13.1 Å². The Bertz CT molecular complexity index is 464. The molecule has 1 N–H and O–H groups in total. The summed E-state index contributed by atoms with van der Waals surface area (Å²) in [6, 6.07) is 0. The fourth-order valence-electron chi connectivity index (χ4n) is 2.82. The number of halogens is 1. The van der Waals surface area contributed by atoms with Gasteiger partial charge in [-0.1, -0.05) is 18.5 Å². The Kier molecular flexibility index (Phi) is 5.61. The number of rotatable bonds is 6. The third kappa shape index (κ3) is 3.83. The highest BCUT2D eigenvalue weighted by Gasteiger charge is 2.18. The van der Waals surface area contributed by atoms with E-state index in [1.165, 1.54) is 12.8 Å². The second-order valence-electron chi connectivity index (χ2n) is 5.65. The van der Waals surface area contributed by atoms with Crippen LogP contribution in [0.4, 0.5) is 0 Å². The molecule has 1 atom stereocenters. The summed E-state index contributed by atoms with van der Waals surface area (Å²) < 4.78 is 1.75. The molecule has 112 valence electrons. The molecule has 1 saturated heterocycles. The lowest BCUT2D eigenvalue weighted by atomic mass is 9.93. The molecule has 2 heterocycles. The Morgan fingerprint density at radius 3 is 2.95 bits per heavy atom. The van der Waals surface area contributed by atoms with E-state index in [1.807, 2.05) is 14.0 Å². The van der Waals surface area contributed by atoms with Crippen LogP contribution in [0.2, 0.25) is 5.02 Å². The van der Waals surface area contributed by atoms with Crippen LogP contribution in [0.3, 0.4) is 0 Å². The van der Waals surface area contributed by atoms with E-state index in [2.05, 4.69) is 10.4 Å². The SMILES string of the molecule is CCc1nn(C)c(CC(=O)CCC2CCCNC2)c1Cl. The quantitative estimate of drug-likeness (QED) is 0.878. The second kappa shape index (κ2) is 7.23. The Labute approximate surface area is 125 Å². The van der Waals surface area contributed by atoms with Crippen molar-refractivity contribution in [3.8, 4) is 0 Å². The molecule has 0 aliphatic carbocycles. The summed E-state index contributed by atoms with van der Waals surface area (Å²) in [5.41, 5.74) is 1.74. The van der Waals surface area contributed by atoms with E-state index in [4.69, 9.17) is 11.6 Å². The van der Waals surface area contributed by atoms with Gasteiger partial charge in [-0.2, -0.15) is 5.10 Å². The molecule has 0 bridgehead atoms. The molecule has 5 heteroatoms. The molecular weight excluding hydrogens is 274 g/mol. The lowest BCUT2D eigenvalue weighted by molar-refractivity contribution is -0.118. The van der Waals surface area contributed by atoms with Crippen LogP contribution < -0.4 is 5.32 Å². The van der Waals surface area contributed by atoms with Crippen molar-refractivity contribution in [1.29, 1.82) is 0 Å². The van der Waals surface area contributed by atoms with Crippen LogP contribution in [0, 0.1) is 5.92 Å². The summed E-state index contributed by atoms with van der Waals surface area (Å²) >= 11 is 6.28. The highest BCUT2D eigenvalue weighted by Crippen LogP contribution is 2.22. The molecule has 0 spiro atoms. The number of hydrogen-bond donors (Lipinski definition) is 1. The van der Waals surface area contributed by atoms with Gasteiger partial charge in [-0.3, -0.25) is 9.48 Å². The van der Waals surface area contributed by atoms with E-state index in [-0.39, 0.29) is 5.78 Å². The number of carbonyl (C=O) groups excluding carboxylic acids is 1. The Balaban J connectivity index is 1.86.